The van der Waals surface area contributed by atoms with Gasteiger partial charge in [0.25, 0.3) is 0 Å². The molecule has 0 aliphatic carbocycles. The minimum absolute atomic E-state index is 0.0718. The Bertz CT molecular complexity index is 1320. The van der Waals surface area contributed by atoms with Crippen molar-refractivity contribution in [1.82, 2.24) is 14.9 Å². The van der Waals surface area contributed by atoms with E-state index in [0.29, 0.717) is 28.8 Å². The lowest BCUT2D eigenvalue weighted by atomic mass is 9.99. The Morgan fingerprint density at radius 1 is 1.03 bits per heavy atom. The molecule has 174 valence electrons. The molecule has 2 heterocycles. The van der Waals surface area contributed by atoms with Crippen molar-refractivity contribution >= 4 is 39.7 Å². The molecule has 1 N–H and O–H groups in total. The second-order valence-electron chi connectivity index (χ2n) is 8.51. The lowest BCUT2D eigenvalue weighted by Gasteiger charge is -2.15. The minimum Gasteiger partial charge on any atom is -0.476 e. The number of halogens is 1. The van der Waals surface area contributed by atoms with Gasteiger partial charge in [0.05, 0.1) is 28.7 Å². The maximum absolute atomic E-state index is 12.4. The van der Waals surface area contributed by atoms with Crippen LogP contribution in [0.15, 0.2) is 60.9 Å². The number of likely N-dealkylation sites (N-methyl/N-ethyl adjacent to an activating group) is 1. The molecule has 0 saturated carbocycles. The van der Waals surface area contributed by atoms with E-state index in [0.717, 1.165) is 39.8 Å². The number of aryl methyl sites for hydroxylation is 1. The van der Waals surface area contributed by atoms with Crippen molar-refractivity contribution in [2.24, 2.45) is 0 Å². The summed E-state index contributed by atoms with van der Waals surface area (Å²) >= 11 is 6.29. The van der Waals surface area contributed by atoms with Crippen LogP contribution in [0.5, 0.6) is 5.88 Å². The monoisotopic (exact) mass is 474 g/mol. The molecule has 2 aromatic carbocycles. The van der Waals surface area contributed by atoms with Crippen molar-refractivity contribution in [2.45, 2.75) is 13.8 Å². The molecule has 34 heavy (non-hydrogen) atoms. The number of ketones is 1. The van der Waals surface area contributed by atoms with Crippen molar-refractivity contribution in [1.29, 1.82) is 0 Å². The fraction of sp³-hybridized carbons (Fsp3) is 0.222. The van der Waals surface area contributed by atoms with Crippen LogP contribution in [0.1, 0.15) is 22.8 Å². The number of pyridine rings is 2. The fourth-order valence-corrected chi connectivity index (χ4v) is 3.98. The molecule has 7 heteroatoms. The number of carbonyl (C=O) groups excluding carboxylic acids is 1. The van der Waals surface area contributed by atoms with Gasteiger partial charge >= 0.3 is 0 Å². The van der Waals surface area contributed by atoms with Crippen molar-refractivity contribution in [3.63, 3.8) is 0 Å². The summed E-state index contributed by atoms with van der Waals surface area (Å²) in [5.74, 6) is 0.481. The number of aromatic nitrogens is 2. The van der Waals surface area contributed by atoms with E-state index >= 15 is 0 Å². The number of hydrogen-bond donors (Lipinski definition) is 1. The van der Waals surface area contributed by atoms with Crippen molar-refractivity contribution in [3.8, 4) is 17.0 Å². The number of hydrogen-bond acceptors (Lipinski definition) is 6. The van der Waals surface area contributed by atoms with Gasteiger partial charge in [0.1, 0.15) is 6.61 Å². The van der Waals surface area contributed by atoms with Crippen LogP contribution in [-0.2, 0) is 0 Å². The van der Waals surface area contributed by atoms with Crippen molar-refractivity contribution < 1.29 is 9.53 Å². The number of anilines is 2. The maximum Gasteiger partial charge on any atom is 0.213 e. The van der Waals surface area contributed by atoms with Gasteiger partial charge in [-0.25, -0.2) is 4.98 Å². The normalized spacial score (nSPS) is 11.1. The summed E-state index contributed by atoms with van der Waals surface area (Å²) in [6, 6.07) is 15.7. The average Bonchev–Trinajstić information content (AvgIpc) is 2.79. The zero-order valence-corrected chi connectivity index (χ0v) is 20.5. The fourth-order valence-electron chi connectivity index (χ4n) is 3.69. The van der Waals surface area contributed by atoms with Crippen molar-refractivity contribution in [3.05, 3.63) is 77.1 Å². The molecule has 0 amide bonds. The predicted octanol–water partition coefficient (Wildman–Crippen LogP) is 6.15. The Kier molecular flexibility index (Phi) is 7.10. The molecule has 0 fully saturated rings. The van der Waals surface area contributed by atoms with E-state index < -0.39 is 0 Å². The van der Waals surface area contributed by atoms with E-state index in [-0.39, 0.29) is 5.78 Å². The largest absolute Gasteiger partial charge is 0.476 e. The van der Waals surface area contributed by atoms with Gasteiger partial charge in [0.15, 0.2) is 5.78 Å². The molecule has 0 saturated heterocycles. The van der Waals surface area contributed by atoms with E-state index in [9.17, 15) is 4.79 Å². The van der Waals surface area contributed by atoms with E-state index in [2.05, 4.69) is 21.4 Å². The van der Waals surface area contributed by atoms with E-state index in [1.54, 1.807) is 12.4 Å². The number of benzene rings is 2. The Morgan fingerprint density at radius 3 is 2.53 bits per heavy atom. The molecule has 2 aromatic heterocycles. The standard InChI is InChI=1S/C27H27ClN4O2/c1-17-11-20(13-21(28)12-17)19-5-7-25-23(14-19)27(24(16-29-25)18(2)33)31-22-6-8-26(30-15-22)34-10-9-32(3)4/h5-8,11-16H,9-10H2,1-4H3,(H,29,31). The summed E-state index contributed by atoms with van der Waals surface area (Å²) in [6.07, 6.45) is 3.31. The third kappa shape index (κ3) is 5.53. The zero-order chi connectivity index (χ0) is 24.2. The molecule has 0 aliphatic heterocycles. The molecule has 0 radical (unpaired) electrons. The third-order valence-electron chi connectivity index (χ3n) is 5.42. The number of ether oxygens (including phenoxy) is 1. The number of rotatable bonds is 8. The van der Waals surface area contributed by atoms with Gasteiger partial charge in [-0.1, -0.05) is 23.7 Å². The summed E-state index contributed by atoms with van der Waals surface area (Å²) in [5.41, 5.74) is 5.82. The van der Waals surface area contributed by atoms with Crippen LogP contribution in [0.3, 0.4) is 0 Å². The number of nitrogens with zero attached hydrogens (tertiary/aromatic N) is 3. The van der Waals surface area contributed by atoms with Crippen molar-refractivity contribution in [2.75, 3.05) is 32.6 Å². The quantitative estimate of drug-likeness (QED) is 0.309. The van der Waals surface area contributed by atoms with Crippen LogP contribution >= 0.6 is 11.6 Å². The molecule has 4 rings (SSSR count). The van der Waals surface area contributed by atoms with Gasteiger partial charge in [-0.15, -0.1) is 0 Å². The van der Waals surface area contributed by atoms with Gasteiger partial charge < -0.3 is 15.0 Å². The van der Waals surface area contributed by atoms with Gasteiger partial charge in [0, 0.05) is 29.2 Å². The number of carbonyl (C=O) groups is 1. The molecule has 0 bridgehead atoms. The van der Waals surface area contributed by atoms with Crippen LogP contribution in [0.2, 0.25) is 5.02 Å². The molecular weight excluding hydrogens is 448 g/mol. The topological polar surface area (TPSA) is 67.3 Å². The van der Waals surface area contributed by atoms with Crippen LogP contribution in [0.4, 0.5) is 11.4 Å². The highest BCUT2D eigenvalue weighted by atomic mass is 35.5. The highest BCUT2D eigenvalue weighted by Gasteiger charge is 2.14. The Balaban J connectivity index is 1.71. The highest BCUT2D eigenvalue weighted by molar-refractivity contribution is 6.31. The first-order valence-electron chi connectivity index (χ1n) is 11.0. The van der Waals surface area contributed by atoms with E-state index in [1.807, 2.05) is 68.4 Å². The second kappa shape index (κ2) is 10.2. The van der Waals surface area contributed by atoms with Crippen LogP contribution in [-0.4, -0.2) is 47.9 Å². The summed E-state index contributed by atoms with van der Waals surface area (Å²) in [6.45, 7) is 4.92. The van der Waals surface area contributed by atoms with E-state index in [4.69, 9.17) is 16.3 Å². The van der Waals surface area contributed by atoms with Crippen LogP contribution in [0.25, 0.3) is 22.0 Å². The number of fused-ring (bicyclic) bond motifs is 1. The lowest BCUT2D eigenvalue weighted by molar-refractivity contribution is 0.101. The van der Waals surface area contributed by atoms with Gasteiger partial charge in [0.2, 0.25) is 5.88 Å². The Hall–Kier alpha value is -3.48. The second-order valence-corrected chi connectivity index (χ2v) is 8.95. The zero-order valence-electron chi connectivity index (χ0n) is 19.7. The van der Waals surface area contributed by atoms with Gasteiger partial charge in [-0.2, -0.15) is 0 Å². The third-order valence-corrected chi connectivity index (χ3v) is 5.64. The first kappa shape index (κ1) is 23.7. The first-order valence-corrected chi connectivity index (χ1v) is 11.4. The maximum atomic E-state index is 12.4. The number of Topliss-reactive ketones (excluding diaryl/α,β-unsaturated/α-hetero) is 1. The lowest BCUT2D eigenvalue weighted by Crippen LogP contribution is -2.19. The highest BCUT2D eigenvalue weighted by Crippen LogP contribution is 2.34. The van der Waals surface area contributed by atoms with Gasteiger partial charge in [-0.3, -0.25) is 9.78 Å². The first-order chi connectivity index (χ1) is 16.3. The Morgan fingerprint density at radius 2 is 1.85 bits per heavy atom. The van der Waals surface area contributed by atoms with Crippen LogP contribution in [0, 0.1) is 6.92 Å². The predicted molar refractivity (Wildman–Crippen MR) is 138 cm³/mol. The molecule has 0 unspecified atom stereocenters. The summed E-state index contributed by atoms with van der Waals surface area (Å²) in [7, 11) is 3.99. The molecule has 0 atom stereocenters. The molecule has 0 aliphatic rings. The number of nitrogens with one attached hydrogen (secondary N) is 1. The SMILES string of the molecule is CC(=O)c1cnc2ccc(-c3cc(C)cc(Cl)c3)cc2c1Nc1ccc(OCCN(C)C)nc1. The van der Waals surface area contributed by atoms with Gasteiger partial charge in [-0.05, 0) is 75.0 Å². The summed E-state index contributed by atoms with van der Waals surface area (Å²) in [5, 5.41) is 4.91. The Labute approximate surface area is 204 Å². The smallest absolute Gasteiger partial charge is 0.213 e. The van der Waals surface area contributed by atoms with E-state index in [1.165, 1.54) is 6.92 Å². The minimum atomic E-state index is -0.0718. The molecular formula is C27H27ClN4O2. The average molecular weight is 475 g/mol. The molecule has 6 nitrogen and oxygen atoms in total. The summed E-state index contributed by atoms with van der Waals surface area (Å²) in [4.78, 5) is 23.4. The summed E-state index contributed by atoms with van der Waals surface area (Å²) < 4.78 is 5.68. The molecule has 4 aromatic rings. The molecule has 0 spiro atoms. The van der Waals surface area contributed by atoms with Crippen LogP contribution < -0.4 is 10.1 Å².